The molecule has 2 aromatic rings. The first-order valence-electron chi connectivity index (χ1n) is 8.48. The molecule has 1 aliphatic heterocycles. The van der Waals surface area contributed by atoms with E-state index in [4.69, 9.17) is 0 Å². The highest BCUT2D eigenvalue weighted by atomic mass is 32.2. The van der Waals surface area contributed by atoms with Crippen molar-refractivity contribution in [2.75, 3.05) is 37.0 Å². The van der Waals surface area contributed by atoms with E-state index in [1.807, 2.05) is 32.1 Å². The Bertz CT molecular complexity index is 907. The van der Waals surface area contributed by atoms with Crippen LogP contribution in [-0.2, 0) is 16.4 Å². The van der Waals surface area contributed by atoms with Crippen LogP contribution in [0.25, 0.3) is 0 Å². The Labute approximate surface area is 153 Å². The Morgan fingerprint density at radius 2 is 2.15 bits per heavy atom. The van der Waals surface area contributed by atoms with Crippen molar-refractivity contribution in [3.8, 4) is 0 Å². The zero-order valence-electron chi connectivity index (χ0n) is 15.2. The molecule has 2 aromatic heterocycles. The van der Waals surface area contributed by atoms with Crippen molar-refractivity contribution >= 4 is 21.6 Å². The molecule has 0 saturated carbocycles. The van der Waals surface area contributed by atoms with Gasteiger partial charge in [-0.1, -0.05) is 0 Å². The molecule has 8 nitrogen and oxygen atoms in total. The zero-order valence-corrected chi connectivity index (χ0v) is 16.0. The number of rotatable bonds is 4. The highest BCUT2D eigenvalue weighted by Crippen LogP contribution is 2.28. The van der Waals surface area contributed by atoms with E-state index in [-0.39, 0.29) is 24.0 Å². The summed E-state index contributed by atoms with van der Waals surface area (Å²) in [5.74, 6) is 0.373. The van der Waals surface area contributed by atoms with E-state index in [9.17, 15) is 13.2 Å². The van der Waals surface area contributed by atoms with E-state index in [1.165, 1.54) is 0 Å². The van der Waals surface area contributed by atoms with E-state index in [2.05, 4.69) is 10.1 Å². The molecule has 140 valence electrons. The number of aromatic nitrogens is 3. The highest BCUT2D eigenvalue weighted by Gasteiger charge is 2.36. The molecule has 0 bridgehead atoms. The Morgan fingerprint density at radius 1 is 1.38 bits per heavy atom. The van der Waals surface area contributed by atoms with Crippen LogP contribution in [0.15, 0.2) is 30.7 Å². The average molecular weight is 377 g/mol. The fraction of sp³-hybridized carbons (Fsp3) is 0.471. The molecule has 1 saturated heterocycles. The minimum atomic E-state index is -3.20. The third-order valence-corrected chi connectivity index (χ3v) is 6.13. The van der Waals surface area contributed by atoms with Crippen molar-refractivity contribution in [3.63, 3.8) is 0 Å². The summed E-state index contributed by atoms with van der Waals surface area (Å²) < 4.78 is 26.1. The van der Waals surface area contributed by atoms with Crippen molar-refractivity contribution in [3.05, 3.63) is 41.9 Å². The number of amides is 1. The van der Waals surface area contributed by atoms with Gasteiger partial charge in [-0.05, 0) is 19.1 Å². The predicted molar refractivity (Wildman–Crippen MR) is 98.9 cm³/mol. The lowest BCUT2D eigenvalue weighted by molar-refractivity contribution is 0.0697. The molecule has 0 N–H and O–H groups in total. The quantitative estimate of drug-likeness (QED) is 0.789. The lowest BCUT2D eigenvalue weighted by Gasteiger charge is -2.35. The predicted octanol–water partition coefficient (Wildman–Crippen LogP) is 0.976. The topological polar surface area (TPSA) is 88.4 Å². The summed E-state index contributed by atoms with van der Waals surface area (Å²) >= 11 is 0. The van der Waals surface area contributed by atoms with Gasteiger partial charge in [0.15, 0.2) is 9.84 Å². The van der Waals surface area contributed by atoms with Gasteiger partial charge in [-0.25, -0.2) is 13.4 Å². The maximum absolute atomic E-state index is 13.1. The van der Waals surface area contributed by atoms with Crippen LogP contribution in [0, 0.1) is 0 Å². The van der Waals surface area contributed by atoms with Crippen LogP contribution in [-0.4, -0.2) is 66.1 Å². The molecule has 0 aliphatic carbocycles. The van der Waals surface area contributed by atoms with Crippen LogP contribution in [0.4, 0.5) is 5.82 Å². The lowest BCUT2D eigenvalue weighted by atomic mass is 10.1. The number of aryl methyl sites for hydroxylation is 1. The number of pyridine rings is 1. The van der Waals surface area contributed by atoms with E-state index in [0.717, 1.165) is 5.56 Å². The van der Waals surface area contributed by atoms with Crippen LogP contribution >= 0.6 is 0 Å². The first-order chi connectivity index (χ1) is 12.3. The molecular weight excluding hydrogens is 354 g/mol. The Hall–Kier alpha value is -2.42. The lowest BCUT2D eigenvalue weighted by Crippen LogP contribution is -2.46. The number of carbonyl (C=O) groups is 1. The Kier molecular flexibility index (Phi) is 4.99. The van der Waals surface area contributed by atoms with Crippen molar-refractivity contribution in [1.82, 2.24) is 19.7 Å². The number of sulfone groups is 1. The molecular formula is C17H23N5O3S. The van der Waals surface area contributed by atoms with Crippen molar-refractivity contribution in [2.45, 2.75) is 19.5 Å². The second-order valence-electron chi connectivity index (χ2n) is 6.56. The Balaban J connectivity index is 1.95. The fourth-order valence-electron chi connectivity index (χ4n) is 3.01. The normalized spacial score (nSPS) is 19.3. The molecule has 1 amide bonds. The first kappa shape index (κ1) is 18.4. The van der Waals surface area contributed by atoms with Crippen LogP contribution < -0.4 is 4.90 Å². The second-order valence-corrected chi connectivity index (χ2v) is 8.78. The van der Waals surface area contributed by atoms with Gasteiger partial charge in [0.05, 0.1) is 23.7 Å². The SMILES string of the molecule is CCn1cc([C@@H]2CS(=O)(=O)CCN2C(=O)c2ccnc(N(C)C)c2)cn1. The standard InChI is InChI=1S/C17H23N5O3S/c1-4-21-11-14(10-19-21)15-12-26(24,25)8-7-22(15)17(23)13-5-6-18-16(9-13)20(2)3/h5-6,9-11,15H,4,7-8,12H2,1-3H3/t15-/m0/s1. The molecule has 0 spiro atoms. The molecule has 0 unspecified atom stereocenters. The third kappa shape index (κ3) is 3.72. The maximum atomic E-state index is 13.1. The van der Waals surface area contributed by atoms with Gasteiger partial charge in [0.2, 0.25) is 0 Å². The summed E-state index contributed by atoms with van der Waals surface area (Å²) in [4.78, 5) is 20.8. The van der Waals surface area contributed by atoms with Crippen LogP contribution in [0.5, 0.6) is 0 Å². The van der Waals surface area contributed by atoms with E-state index in [1.54, 1.807) is 34.1 Å². The summed E-state index contributed by atoms with van der Waals surface area (Å²) in [5, 5.41) is 4.23. The smallest absolute Gasteiger partial charge is 0.254 e. The first-order valence-corrected chi connectivity index (χ1v) is 10.3. The monoisotopic (exact) mass is 377 g/mol. The van der Waals surface area contributed by atoms with Crippen molar-refractivity contribution < 1.29 is 13.2 Å². The zero-order chi connectivity index (χ0) is 18.9. The van der Waals surface area contributed by atoms with Gasteiger partial charge in [-0.15, -0.1) is 0 Å². The van der Waals surface area contributed by atoms with E-state index in [0.29, 0.717) is 17.9 Å². The van der Waals surface area contributed by atoms with Crippen LogP contribution in [0.2, 0.25) is 0 Å². The summed E-state index contributed by atoms with van der Waals surface area (Å²) in [5.41, 5.74) is 1.24. The Morgan fingerprint density at radius 3 is 2.81 bits per heavy atom. The molecule has 1 aliphatic rings. The van der Waals surface area contributed by atoms with Gasteiger partial charge in [-0.3, -0.25) is 9.48 Å². The number of hydrogen-bond donors (Lipinski definition) is 0. The van der Waals surface area contributed by atoms with Crippen molar-refractivity contribution in [2.24, 2.45) is 0 Å². The van der Waals surface area contributed by atoms with Gasteiger partial charge in [0, 0.05) is 50.7 Å². The molecule has 1 fully saturated rings. The molecule has 0 radical (unpaired) electrons. The number of anilines is 1. The number of carbonyl (C=O) groups excluding carboxylic acids is 1. The van der Waals surface area contributed by atoms with E-state index < -0.39 is 15.9 Å². The maximum Gasteiger partial charge on any atom is 0.254 e. The molecule has 3 heterocycles. The average Bonchev–Trinajstić information content (AvgIpc) is 3.09. The van der Waals surface area contributed by atoms with Gasteiger partial charge in [0.25, 0.3) is 5.91 Å². The highest BCUT2D eigenvalue weighted by molar-refractivity contribution is 7.91. The fourth-order valence-corrected chi connectivity index (χ4v) is 4.51. The molecule has 3 rings (SSSR count). The summed E-state index contributed by atoms with van der Waals surface area (Å²) in [6.45, 7) is 2.81. The summed E-state index contributed by atoms with van der Waals surface area (Å²) in [7, 11) is 0.507. The van der Waals surface area contributed by atoms with Gasteiger partial charge >= 0.3 is 0 Å². The molecule has 1 atom stereocenters. The van der Waals surface area contributed by atoms with Gasteiger partial charge in [-0.2, -0.15) is 5.10 Å². The van der Waals surface area contributed by atoms with E-state index >= 15 is 0 Å². The van der Waals surface area contributed by atoms with Crippen LogP contribution in [0.1, 0.15) is 28.9 Å². The second kappa shape index (κ2) is 7.06. The molecule has 26 heavy (non-hydrogen) atoms. The van der Waals surface area contributed by atoms with Gasteiger partial charge < -0.3 is 9.80 Å². The summed E-state index contributed by atoms with van der Waals surface area (Å²) in [6.07, 6.45) is 5.05. The van der Waals surface area contributed by atoms with Crippen LogP contribution in [0.3, 0.4) is 0 Å². The minimum Gasteiger partial charge on any atom is -0.363 e. The summed E-state index contributed by atoms with van der Waals surface area (Å²) in [6, 6.07) is 2.85. The largest absolute Gasteiger partial charge is 0.363 e. The van der Waals surface area contributed by atoms with Crippen molar-refractivity contribution in [1.29, 1.82) is 0 Å². The third-order valence-electron chi connectivity index (χ3n) is 4.50. The molecule has 9 heteroatoms. The minimum absolute atomic E-state index is 0.0250. The molecule has 0 aromatic carbocycles. The number of nitrogens with zero attached hydrogens (tertiary/aromatic N) is 5. The van der Waals surface area contributed by atoms with Gasteiger partial charge in [0.1, 0.15) is 5.82 Å². The number of hydrogen-bond acceptors (Lipinski definition) is 6.